The van der Waals surface area contributed by atoms with Crippen LogP contribution in [0.5, 0.6) is 0 Å². The molecule has 450 valence electrons. The average molecular weight is 1080 g/mol. The normalized spacial score (nSPS) is 13.6. The second-order valence-electron chi connectivity index (χ2n) is 24.9. The SMILES string of the molecule is CCCCCCCCCCCCCCCCCCCCCCCCCCCCCCC(=O)NC(COP(=O)(O)OCC[N+](C)(C)C)C(O)CCCCCCCCCCCCCCCCCCCCCCCCCCC. The van der Waals surface area contributed by atoms with Gasteiger partial charge in [-0.3, -0.25) is 13.8 Å². The van der Waals surface area contributed by atoms with Crippen molar-refractivity contribution in [2.75, 3.05) is 40.9 Å². The van der Waals surface area contributed by atoms with Gasteiger partial charge < -0.3 is 19.8 Å². The molecular formula is C66H136N2O6P+. The number of aliphatic hydroxyl groups excluding tert-OH is 1. The van der Waals surface area contributed by atoms with Gasteiger partial charge in [-0.1, -0.05) is 348 Å². The number of carbonyl (C=O) groups excluding carboxylic acids is 1. The van der Waals surface area contributed by atoms with Gasteiger partial charge in [0.15, 0.2) is 0 Å². The second-order valence-corrected chi connectivity index (χ2v) is 26.4. The number of hydrogen-bond acceptors (Lipinski definition) is 5. The fraction of sp³-hybridized carbons (Fsp3) is 0.985. The summed E-state index contributed by atoms with van der Waals surface area (Å²) in [7, 11) is 1.64. The molecule has 0 aliphatic rings. The monoisotopic (exact) mass is 1080 g/mol. The fourth-order valence-corrected chi connectivity index (χ4v) is 11.6. The summed E-state index contributed by atoms with van der Waals surface area (Å²) >= 11 is 0. The molecule has 0 rings (SSSR count). The predicted molar refractivity (Wildman–Crippen MR) is 328 cm³/mol. The van der Waals surface area contributed by atoms with Gasteiger partial charge in [0.2, 0.25) is 5.91 Å². The molecular weight excluding hydrogens is 948 g/mol. The maximum absolute atomic E-state index is 13.1. The molecule has 0 radical (unpaired) electrons. The van der Waals surface area contributed by atoms with Crippen LogP contribution in [0.25, 0.3) is 0 Å². The van der Waals surface area contributed by atoms with E-state index >= 15 is 0 Å². The summed E-state index contributed by atoms with van der Waals surface area (Å²) in [6.45, 7) is 4.97. The Morgan fingerprint density at radius 3 is 0.893 bits per heavy atom. The van der Waals surface area contributed by atoms with E-state index in [-0.39, 0.29) is 19.1 Å². The van der Waals surface area contributed by atoms with E-state index in [1.54, 1.807) is 0 Å². The molecule has 1 amide bonds. The van der Waals surface area contributed by atoms with Crippen LogP contribution in [0.2, 0.25) is 0 Å². The third-order valence-electron chi connectivity index (χ3n) is 16.1. The van der Waals surface area contributed by atoms with Gasteiger partial charge in [-0.2, -0.15) is 0 Å². The van der Waals surface area contributed by atoms with Crippen LogP contribution in [0.4, 0.5) is 0 Å². The van der Waals surface area contributed by atoms with Crippen LogP contribution >= 0.6 is 7.82 Å². The molecule has 0 fully saturated rings. The van der Waals surface area contributed by atoms with Gasteiger partial charge in [0.05, 0.1) is 39.9 Å². The van der Waals surface area contributed by atoms with E-state index in [0.717, 1.165) is 38.5 Å². The number of carbonyl (C=O) groups is 1. The van der Waals surface area contributed by atoms with Crippen molar-refractivity contribution in [1.29, 1.82) is 0 Å². The Labute approximate surface area is 470 Å². The van der Waals surface area contributed by atoms with Crippen LogP contribution in [0.1, 0.15) is 367 Å². The Bertz CT molecular complexity index is 1180. The lowest BCUT2D eigenvalue weighted by Gasteiger charge is -2.26. The summed E-state index contributed by atoms with van der Waals surface area (Å²) < 4.78 is 23.9. The molecule has 0 aromatic carbocycles. The number of unbranched alkanes of at least 4 members (excludes halogenated alkanes) is 51. The van der Waals surface area contributed by atoms with Crippen LogP contribution < -0.4 is 5.32 Å². The lowest BCUT2D eigenvalue weighted by atomic mass is 10.0. The van der Waals surface area contributed by atoms with Crippen molar-refractivity contribution in [2.24, 2.45) is 0 Å². The maximum Gasteiger partial charge on any atom is 0.472 e. The molecule has 0 spiro atoms. The highest BCUT2D eigenvalue weighted by Crippen LogP contribution is 2.43. The summed E-state index contributed by atoms with van der Waals surface area (Å²) in [6, 6.07) is -0.756. The van der Waals surface area contributed by atoms with Crippen molar-refractivity contribution >= 4 is 13.7 Å². The summed E-state index contributed by atoms with van der Waals surface area (Å²) in [5, 5.41) is 14.1. The summed E-state index contributed by atoms with van der Waals surface area (Å²) in [5.41, 5.74) is 0. The van der Waals surface area contributed by atoms with E-state index < -0.39 is 20.0 Å². The number of rotatable bonds is 64. The molecule has 9 heteroatoms. The van der Waals surface area contributed by atoms with Crippen LogP contribution in [0, 0.1) is 0 Å². The van der Waals surface area contributed by atoms with Crippen molar-refractivity contribution in [2.45, 2.75) is 379 Å². The minimum Gasteiger partial charge on any atom is -0.391 e. The van der Waals surface area contributed by atoms with Gasteiger partial charge in [0.1, 0.15) is 13.2 Å². The third-order valence-corrected chi connectivity index (χ3v) is 17.1. The Morgan fingerprint density at radius 2 is 0.640 bits per heavy atom. The van der Waals surface area contributed by atoms with Crippen molar-refractivity contribution in [1.82, 2.24) is 5.32 Å². The molecule has 0 aliphatic carbocycles. The number of aliphatic hydroxyl groups is 1. The number of hydrogen-bond donors (Lipinski definition) is 3. The minimum absolute atomic E-state index is 0.0794. The number of phosphoric acid groups is 1. The first-order valence-electron chi connectivity index (χ1n) is 33.9. The number of nitrogens with one attached hydrogen (secondary N) is 1. The molecule has 0 aromatic heterocycles. The van der Waals surface area contributed by atoms with E-state index in [1.807, 2.05) is 21.1 Å². The minimum atomic E-state index is -4.32. The van der Waals surface area contributed by atoms with Gasteiger partial charge in [0, 0.05) is 6.42 Å². The Kier molecular flexibility index (Phi) is 57.8. The molecule has 0 saturated carbocycles. The van der Waals surface area contributed by atoms with Gasteiger partial charge in [-0.25, -0.2) is 4.57 Å². The average Bonchev–Trinajstić information content (AvgIpc) is 3.37. The second kappa shape index (κ2) is 58.2. The van der Waals surface area contributed by atoms with Crippen LogP contribution in [-0.4, -0.2) is 73.4 Å². The zero-order valence-electron chi connectivity index (χ0n) is 51.6. The third kappa shape index (κ3) is 61.0. The van der Waals surface area contributed by atoms with E-state index in [9.17, 15) is 19.4 Å². The summed E-state index contributed by atoms with van der Waals surface area (Å²) in [6.07, 6.45) is 72.0. The summed E-state index contributed by atoms with van der Waals surface area (Å²) in [5.74, 6) is -0.133. The smallest absolute Gasteiger partial charge is 0.391 e. The fourth-order valence-electron chi connectivity index (χ4n) is 10.8. The molecule has 0 saturated heterocycles. The standard InChI is InChI=1S/C66H135N2O6P/c1-6-8-10-12-14-16-18-20-22-24-26-28-30-32-33-34-36-38-40-42-44-46-48-50-52-54-56-58-60-66(70)67-64(63-74-75(71,72)73-62-61-68(3,4)5)65(69)59-57-55-53-51-49-47-45-43-41-39-37-35-31-29-27-25-23-21-19-17-15-13-11-9-7-2/h64-65,69H,6-63H2,1-5H3,(H-,67,70,71,72)/p+1. The van der Waals surface area contributed by atoms with E-state index in [1.165, 1.54) is 302 Å². The van der Waals surface area contributed by atoms with Crippen molar-refractivity contribution in [3.63, 3.8) is 0 Å². The number of nitrogens with zero attached hydrogens (tertiary/aromatic N) is 1. The zero-order valence-corrected chi connectivity index (χ0v) is 52.5. The maximum atomic E-state index is 13.1. The molecule has 8 nitrogen and oxygen atoms in total. The molecule has 0 heterocycles. The number of phosphoric ester groups is 1. The lowest BCUT2D eigenvalue weighted by molar-refractivity contribution is -0.870. The molecule has 0 bridgehead atoms. The first-order chi connectivity index (χ1) is 36.5. The first kappa shape index (κ1) is 74.5. The molecule has 0 aliphatic heterocycles. The summed E-state index contributed by atoms with van der Waals surface area (Å²) in [4.78, 5) is 23.4. The number of quaternary nitrogens is 1. The van der Waals surface area contributed by atoms with Gasteiger partial charge in [0.25, 0.3) is 0 Å². The van der Waals surface area contributed by atoms with Crippen molar-refractivity contribution in [3.05, 3.63) is 0 Å². The molecule has 3 unspecified atom stereocenters. The van der Waals surface area contributed by atoms with Crippen molar-refractivity contribution in [3.8, 4) is 0 Å². The van der Waals surface area contributed by atoms with E-state index in [4.69, 9.17) is 9.05 Å². The van der Waals surface area contributed by atoms with Crippen LogP contribution in [-0.2, 0) is 18.4 Å². The quantitative estimate of drug-likeness (QED) is 0.0318. The molecule has 3 N–H and O–H groups in total. The van der Waals surface area contributed by atoms with E-state index in [0.29, 0.717) is 23.9 Å². The van der Waals surface area contributed by atoms with Gasteiger partial charge in [-0.05, 0) is 12.8 Å². The Morgan fingerprint density at radius 1 is 0.400 bits per heavy atom. The van der Waals surface area contributed by atoms with Crippen molar-refractivity contribution < 1.29 is 32.9 Å². The van der Waals surface area contributed by atoms with E-state index in [2.05, 4.69) is 19.2 Å². The number of amides is 1. The van der Waals surface area contributed by atoms with Crippen LogP contribution in [0.3, 0.4) is 0 Å². The Hall–Kier alpha value is -0.500. The zero-order chi connectivity index (χ0) is 54.9. The predicted octanol–water partition coefficient (Wildman–Crippen LogP) is 21.2. The lowest BCUT2D eigenvalue weighted by Crippen LogP contribution is -2.46. The molecule has 3 atom stereocenters. The molecule has 75 heavy (non-hydrogen) atoms. The highest BCUT2D eigenvalue weighted by atomic mass is 31.2. The highest BCUT2D eigenvalue weighted by Gasteiger charge is 2.28. The van der Waals surface area contributed by atoms with Gasteiger partial charge in [-0.15, -0.1) is 0 Å². The largest absolute Gasteiger partial charge is 0.472 e. The highest BCUT2D eigenvalue weighted by molar-refractivity contribution is 7.47. The van der Waals surface area contributed by atoms with Crippen LogP contribution in [0.15, 0.2) is 0 Å². The Balaban J connectivity index is 4.01. The number of likely N-dealkylation sites (N-methyl/N-ethyl adjacent to an activating group) is 1. The molecule has 0 aromatic rings. The van der Waals surface area contributed by atoms with Gasteiger partial charge >= 0.3 is 7.82 Å². The first-order valence-corrected chi connectivity index (χ1v) is 35.4. The topological polar surface area (TPSA) is 105 Å².